The van der Waals surface area contributed by atoms with Crippen molar-refractivity contribution in [3.8, 4) is 0 Å². The minimum atomic E-state index is 0.00687. The maximum Gasteiger partial charge on any atom is 0.0569 e. The van der Waals surface area contributed by atoms with Crippen LogP contribution in [0, 0.1) is 0 Å². The van der Waals surface area contributed by atoms with Crippen molar-refractivity contribution >= 4 is 5.69 Å². The molecule has 0 amide bonds. The molecule has 0 aromatic carbocycles. The standard InChI is InChI=1S/C13H23N3/c1-5-6-10(2)16(4)12-7-8-13(11(3)14)15-9-12/h7-11H,5-6,14H2,1-4H3/t10?,11-/m1/s1. The molecule has 1 rings (SSSR count). The third-order valence-corrected chi connectivity index (χ3v) is 3.01. The second-order valence-corrected chi connectivity index (χ2v) is 4.48. The van der Waals surface area contributed by atoms with E-state index in [0.29, 0.717) is 6.04 Å². The molecule has 1 unspecified atom stereocenters. The fraction of sp³-hybridized carbons (Fsp3) is 0.615. The summed E-state index contributed by atoms with van der Waals surface area (Å²) in [4.78, 5) is 6.64. The number of rotatable bonds is 5. The van der Waals surface area contributed by atoms with Gasteiger partial charge in [-0.1, -0.05) is 13.3 Å². The Kier molecular flexibility index (Phi) is 4.74. The first-order chi connectivity index (χ1) is 7.56. The maximum atomic E-state index is 5.77. The molecule has 1 aromatic rings. The van der Waals surface area contributed by atoms with Gasteiger partial charge in [0.05, 0.1) is 17.6 Å². The summed E-state index contributed by atoms with van der Waals surface area (Å²) < 4.78 is 0. The van der Waals surface area contributed by atoms with Gasteiger partial charge in [-0.3, -0.25) is 4.98 Å². The van der Waals surface area contributed by atoms with Crippen molar-refractivity contribution in [3.05, 3.63) is 24.0 Å². The second-order valence-electron chi connectivity index (χ2n) is 4.48. The highest BCUT2D eigenvalue weighted by Crippen LogP contribution is 2.18. The number of nitrogens with zero attached hydrogens (tertiary/aromatic N) is 2. The lowest BCUT2D eigenvalue weighted by molar-refractivity contribution is 0.615. The molecule has 0 fully saturated rings. The van der Waals surface area contributed by atoms with E-state index in [1.807, 2.05) is 19.2 Å². The Balaban J connectivity index is 2.73. The molecule has 2 N–H and O–H groups in total. The van der Waals surface area contributed by atoms with Crippen LogP contribution in [-0.4, -0.2) is 18.1 Å². The zero-order valence-corrected chi connectivity index (χ0v) is 10.8. The largest absolute Gasteiger partial charge is 0.371 e. The summed E-state index contributed by atoms with van der Waals surface area (Å²) in [6.45, 7) is 6.40. The summed E-state index contributed by atoms with van der Waals surface area (Å²) in [6.07, 6.45) is 4.31. The molecule has 0 aliphatic heterocycles. The second kappa shape index (κ2) is 5.85. The molecular weight excluding hydrogens is 198 g/mol. The average molecular weight is 221 g/mol. The van der Waals surface area contributed by atoms with Gasteiger partial charge in [0.15, 0.2) is 0 Å². The van der Waals surface area contributed by atoms with Crippen molar-refractivity contribution < 1.29 is 0 Å². The molecule has 0 aliphatic carbocycles. The molecule has 1 heterocycles. The molecule has 3 heteroatoms. The molecule has 16 heavy (non-hydrogen) atoms. The van der Waals surface area contributed by atoms with E-state index in [4.69, 9.17) is 5.73 Å². The van der Waals surface area contributed by atoms with Crippen molar-refractivity contribution in [2.24, 2.45) is 5.73 Å². The van der Waals surface area contributed by atoms with Crippen molar-refractivity contribution in [1.29, 1.82) is 0 Å². The molecule has 0 spiro atoms. The van der Waals surface area contributed by atoms with E-state index in [2.05, 4.69) is 36.8 Å². The number of anilines is 1. The number of aromatic nitrogens is 1. The number of hydrogen-bond donors (Lipinski definition) is 1. The van der Waals surface area contributed by atoms with Crippen LogP contribution in [0.5, 0.6) is 0 Å². The van der Waals surface area contributed by atoms with Gasteiger partial charge in [0.1, 0.15) is 0 Å². The topological polar surface area (TPSA) is 42.1 Å². The van der Waals surface area contributed by atoms with E-state index >= 15 is 0 Å². The highest BCUT2D eigenvalue weighted by Gasteiger charge is 2.09. The third-order valence-electron chi connectivity index (χ3n) is 3.01. The van der Waals surface area contributed by atoms with E-state index < -0.39 is 0 Å². The first-order valence-electron chi connectivity index (χ1n) is 6.00. The lowest BCUT2D eigenvalue weighted by Gasteiger charge is -2.26. The molecule has 0 saturated heterocycles. The van der Waals surface area contributed by atoms with Gasteiger partial charge in [-0.25, -0.2) is 0 Å². The van der Waals surface area contributed by atoms with Gasteiger partial charge in [-0.2, -0.15) is 0 Å². The predicted octanol–water partition coefficient (Wildman–Crippen LogP) is 2.73. The van der Waals surface area contributed by atoms with E-state index in [1.165, 1.54) is 12.8 Å². The van der Waals surface area contributed by atoms with Crippen molar-refractivity contribution in [3.63, 3.8) is 0 Å². The summed E-state index contributed by atoms with van der Waals surface area (Å²) in [7, 11) is 2.11. The normalized spacial score (nSPS) is 14.6. The molecule has 90 valence electrons. The average Bonchev–Trinajstić information content (AvgIpc) is 2.28. The number of pyridine rings is 1. The lowest BCUT2D eigenvalue weighted by atomic mass is 10.1. The Morgan fingerprint density at radius 2 is 2.06 bits per heavy atom. The van der Waals surface area contributed by atoms with Crippen LogP contribution in [0.2, 0.25) is 0 Å². The van der Waals surface area contributed by atoms with Gasteiger partial charge in [0, 0.05) is 19.1 Å². The van der Waals surface area contributed by atoms with Gasteiger partial charge < -0.3 is 10.6 Å². The quantitative estimate of drug-likeness (QED) is 0.831. The molecule has 1 aromatic heterocycles. The minimum Gasteiger partial charge on any atom is -0.371 e. The fourth-order valence-corrected chi connectivity index (χ4v) is 1.74. The van der Waals surface area contributed by atoms with Gasteiger partial charge >= 0.3 is 0 Å². The van der Waals surface area contributed by atoms with Crippen LogP contribution < -0.4 is 10.6 Å². The van der Waals surface area contributed by atoms with Crippen molar-refractivity contribution in [2.75, 3.05) is 11.9 Å². The van der Waals surface area contributed by atoms with Crippen LogP contribution in [-0.2, 0) is 0 Å². The van der Waals surface area contributed by atoms with Crippen LogP contribution in [0.3, 0.4) is 0 Å². The Labute approximate surface area is 98.7 Å². The first kappa shape index (κ1) is 13.0. The van der Waals surface area contributed by atoms with Crippen molar-refractivity contribution in [1.82, 2.24) is 4.98 Å². The number of nitrogens with two attached hydrogens (primary N) is 1. The lowest BCUT2D eigenvalue weighted by Crippen LogP contribution is -2.28. The Bertz CT molecular complexity index is 305. The van der Waals surface area contributed by atoms with Crippen LogP contribution in [0.1, 0.15) is 45.3 Å². The molecule has 3 nitrogen and oxygen atoms in total. The SMILES string of the molecule is CCCC(C)N(C)c1ccc([C@@H](C)N)nc1. The minimum absolute atomic E-state index is 0.00687. The first-order valence-corrected chi connectivity index (χ1v) is 6.00. The van der Waals surface area contributed by atoms with Crippen LogP contribution in [0.15, 0.2) is 18.3 Å². The summed E-state index contributed by atoms with van der Waals surface area (Å²) >= 11 is 0. The fourth-order valence-electron chi connectivity index (χ4n) is 1.74. The smallest absolute Gasteiger partial charge is 0.0569 e. The van der Waals surface area contributed by atoms with Crippen molar-refractivity contribution in [2.45, 2.75) is 45.7 Å². The summed E-state index contributed by atoms with van der Waals surface area (Å²) in [6, 6.07) is 4.66. The zero-order chi connectivity index (χ0) is 12.1. The zero-order valence-electron chi connectivity index (χ0n) is 10.8. The Morgan fingerprint density at radius 1 is 1.38 bits per heavy atom. The highest BCUT2D eigenvalue weighted by atomic mass is 15.1. The Morgan fingerprint density at radius 3 is 2.50 bits per heavy atom. The van der Waals surface area contributed by atoms with E-state index in [-0.39, 0.29) is 6.04 Å². The summed E-state index contributed by atoms with van der Waals surface area (Å²) in [5.41, 5.74) is 7.87. The molecular formula is C13H23N3. The van der Waals surface area contributed by atoms with Crippen LogP contribution in [0.4, 0.5) is 5.69 Å². The van der Waals surface area contributed by atoms with E-state index in [0.717, 1.165) is 11.4 Å². The molecule has 0 bridgehead atoms. The molecule has 0 aliphatic rings. The van der Waals surface area contributed by atoms with Gasteiger partial charge in [0.2, 0.25) is 0 Å². The predicted molar refractivity (Wildman–Crippen MR) is 69.6 cm³/mol. The molecule has 2 atom stereocenters. The number of hydrogen-bond acceptors (Lipinski definition) is 3. The molecule has 0 radical (unpaired) electrons. The van der Waals surface area contributed by atoms with Crippen LogP contribution in [0.25, 0.3) is 0 Å². The van der Waals surface area contributed by atoms with Gasteiger partial charge in [0.25, 0.3) is 0 Å². The molecule has 0 saturated carbocycles. The van der Waals surface area contributed by atoms with Crippen LogP contribution >= 0.6 is 0 Å². The Hall–Kier alpha value is -1.09. The monoisotopic (exact) mass is 221 g/mol. The maximum absolute atomic E-state index is 5.77. The van der Waals surface area contributed by atoms with Gasteiger partial charge in [-0.05, 0) is 32.4 Å². The third kappa shape index (κ3) is 3.20. The van der Waals surface area contributed by atoms with E-state index in [1.54, 1.807) is 0 Å². The summed E-state index contributed by atoms with van der Waals surface area (Å²) in [5, 5.41) is 0. The summed E-state index contributed by atoms with van der Waals surface area (Å²) in [5.74, 6) is 0. The van der Waals surface area contributed by atoms with Gasteiger partial charge in [-0.15, -0.1) is 0 Å². The highest BCUT2D eigenvalue weighted by molar-refractivity contribution is 5.44. The van der Waals surface area contributed by atoms with E-state index in [9.17, 15) is 0 Å².